The average molecular weight is 298 g/mol. The smallest absolute Gasteiger partial charge is 0.391 e. The Morgan fingerprint density at radius 1 is 1.35 bits per heavy atom. The van der Waals surface area contributed by atoms with E-state index in [9.17, 15) is 23.1 Å². The molecule has 0 atom stereocenters. The summed E-state index contributed by atoms with van der Waals surface area (Å²) in [6.45, 7) is 1.47. The van der Waals surface area contributed by atoms with E-state index in [-0.39, 0.29) is 18.5 Å². The van der Waals surface area contributed by atoms with E-state index in [1.54, 1.807) is 6.92 Å². The Bertz CT molecular complexity index is 309. The van der Waals surface area contributed by atoms with Gasteiger partial charge in [0.2, 0.25) is 0 Å². The number of rotatable bonds is 6. The van der Waals surface area contributed by atoms with Crippen molar-refractivity contribution in [2.24, 2.45) is 5.92 Å². The van der Waals surface area contributed by atoms with Gasteiger partial charge >= 0.3 is 12.1 Å². The van der Waals surface area contributed by atoms with Crippen LogP contribution in [-0.4, -0.2) is 42.7 Å². The fourth-order valence-electron chi connectivity index (χ4n) is 2.25. The maximum absolute atomic E-state index is 11.9. The third-order valence-corrected chi connectivity index (χ3v) is 3.44. The van der Waals surface area contributed by atoms with Crippen LogP contribution in [0, 0.1) is 5.92 Å². The molecule has 0 aliphatic heterocycles. The number of esters is 1. The van der Waals surface area contributed by atoms with Crippen LogP contribution < -0.4 is 0 Å². The topological polar surface area (TPSA) is 55.8 Å². The van der Waals surface area contributed by atoms with E-state index in [1.165, 1.54) is 0 Å². The summed E-state index contributed by atoms with van der Waals surface area (Å²) in [6.07, 6.45) is -3.65. The zero-order valence-electron chi connectivity index (χ0n) is 11.5. The second-order valence-electron chi connectivity index (χ2n) is 5.17. The van der Waals surface area contributed by atoms with Crippen LogP contribution in [0.25, 0.3) is 0 Å². The first-order chi connectivity index (χ1) is 9.26. The van der Waals surface area contributed by atoms with Gasteiger partial charge in [-0.15, -0.1) is 0 Å². The monoisotopic (exact) mass is 298 g/mol. The fraction of sp³-hybridized carbons (Fsp3) is 0.923. The molecule has 4 nitrogen and oxygen atoms in total. The summed E-state index contributed by atoms with van der Waals surface area (Å²) in [4.78, 5) is 11.5. The quantitative estimate of drug-likeness (QED) is 0.604. The standard InChI is InChI=1S/C13H21F3O4/c1-2-20-11(17)10-3-5-12(18,6-4-10)9-19-8-7-13(14,15)16/h10,18H,2-9H2,1H3. The molecule has 20 heavy (non-hydrogen) atoms. The Hall–Kier alpha value is -0.820. The molecular formula is C13H21F3O4. The molecule has 0 saturated heterocycles. The molecule has 0 heterocycles. The molecule has 0 aromatic carbocycles. The summed E-state index contributed by atoms with van der Waals surface area (Å²) in [5, 5.41) is 10.2. The molecule has 0 bridgehead atoms. The highest BCUT2D eigenvalue weighted by Crippen LogP contribution is 2.33. The fourth-order valence-corrected chi connectivity index (χ4v) is 2.25. The highest BCUT2D eigenvalue weighted by molar-refractivity contribution is 5.72. The zero-order valence-corrected chi connectivity index (χ0v) is 11.5. The molecule has 0 amide bonds. The van der Waals surface area contributed by atoms with Crippen molar-refractivity contribution in [3.63, 3.8) is 0 Å². The van der Waals surface area contributed by atoms with Crippen LogP contribution in [0.1, 0.15) is 39.0 Å². The molecule has 0 radical (unpaired) electrons. The number of halogens is 3. The number of aliphatic hydroxyl groups is 1. The van der Waals surface area contributed by atoms with Gasteiger partial charge in [0.15, 0.2) is 0 Å². The van der Waals surface area contributed by atoms with Crippen LogP contribution >= 0.6 is 0 Å². The maximum atomic E-state index is 11.9. The minimum Gasteiger partial charge on any atom is -0.466 e. The van der Waals surface area contributed by atoms with Crippen LogP contribution in [0.5, 0.6) is 0 Å². The molecule has 1 N–H and O–H groups in total. The van der Waals surface area contributed by atoms with Crippen LogP contribution in [0.4, 0.5) is 13.2 Å². The molecule has 0 unspecified atom stereocenters. The van der Waals surface area contributed by atoms with Gasteiger partial charge in [0.25, 0.3) is 0 Å². The summed E-state index contributed by atoms with van der Waals surface area (Å²) in [5.74, 6) is -0.502. The molecule has 1 fully saturated rings. The lowest BCUT2D eigenvalue weighted by Gasteiger charge is -2.34. The minimum atomic E-state index is -4.25. The van der Waals surface area contributed by atoms with E-state index < -0.39 is 24.8 Å². The Labute approximate surface area is 116 Å². The van der Waals surface area contributed by atoms with E-state index >= 15 is 0 Å². The minimum absolute atomic E-state index is 0.126. The number of carbonyl (C=O) groups is 1. The third kappa shape index (κ3) is 6.09. The number of ether oxygens (including phenoxy) is 2. The summed E-state index contributed by atoms with van der Waals surface area (Å²) in [6, 6.07) is 0. The summed E-state index contributed by atoms with van der Waals surface area (Å²) in [5.41, 5.74) is -1.13. The highest BCUT2D eigenvalue weighted by Gasteiger charge is 2.37. The first-order valence-corrected chi connectivity index (χ1v) is 6.79. The van der Waals surface area contributed by atoms with E-state index in [2.05, 4.69) is 0 Å². The number of carbonyl (C=O) groups excluding carboxylic acids is 1. The van der Waals surface area contributed by atoms with Gasteiger partial charge in [0, 0.05) is 0 Å². The van der Waals surface area contributed by atoms with Crippen molar-refractivity contribution in [2.75, 3.05) is 19.8 Å². The van der Waals surface area contributed by atoms with E-state index in [4.69, 9.17) is 9.47 Å². The van der Waals surface area contributed by atoms with Gasteiger partial charge in [-0.3, -0.25) is 4.79 Å². The van der Waals surface area contributed by atoms with Crippen LogP contribution in [0.3, 0.4) is 0 Å². The molecule has 0 spiro atoms. The van der Waals surface area contributed by atoms with Gasteiger partial charge in [-0.1, -0.05) is 0 Å². The second-order valence-corrected chi connectivity index (χ2v) is 5.17. The second kappa shape index (κ2) is 7.26. The lowest BCUT2D eigenvalue weighted by atomic mass is 9.79. The highest BCUT2D eigenvalue weighted by atomic mass is 19.4. The van der Waals surface area contributed by atoms with E-state index in [0.29, 0.717) is 32.3 Å². The lowest BCUT2D eigenvalue weighted by Crippen LogP contribution is -2.40. The van der Waals surface area contributed by atoms with Crippen molar-refractivity contribution in [2.45, 2.75) is 50.8 Å². The first-order valence-electron chi connectivity index (χ1n) is 6.79. The van der Waals surface area contributed by atoms with Gasteiger partial charge < -0.3 is 14.6 Å². The number of hydrogen-bond acceptors (Lipinski definition) is 4. The molecule has 1 saturated carbocycles. The van der Waals surface area contributed by atoms with Crippen molar-refractivity contribution >= 4 is 5.97 Å². The Morgan fingerprint density at radius 2 is 1.95 bits per heavy atom. The largest absolute Gasteiger partial charge is 0.466 e. The lowest BCUT2D eigenvalue weighted by molar-refractivity contribution is -0.158. The van der Waals surface area contributed by atoms with Crippen molar-refractivity contribution in [3.8, 4) is 0 Å². The Balaban J connectivity index is 2.26. The molecule has 118 valence electrons. The maximum Gasteiger partial charge on any atom is 0.391 e. The van der Waals surface area contributed by atoms with Crippen molar-refractivity contribution in [1.29, 1.82) is 0 Å². The van der Waals surface area contributed by atoms with Crippen molar-refractivity contribution in [1.82, 2.24) is 0 Å². The first kappa shape index (κ1) is 17.2. The summed E-state index contributed by atoms with van der Waals surface area (Å²) in [7, 11) is 0. The molecule has 1 aliphatic rings. The zero-order chi connectivity index (χ0) is 15.2. The summed E-state index contributed by atoms with van der Waals surface area (Å²) >= 11 is 0. The Morgan fingerprint density at radius 3 is 2.45 bits per heavy atom. The SMILES string of the molecule is CCOC(=O)C1CCC(O)(COCCC(F)(F)F)CC1. The van der Waals surface area contributed by atoms with E-state index in [1.807, 2.05) is 0 Å². The van der Waals surface area contributed by atoms with Crippen molar-refractivity contribution in [3.05, 3.63) is 0 Å². The van der Waals surface area contributed by atoms with Gasteiger partial charge in [0.05, 0.1) is 37.8 Å². The number of hydrogen-bond donors (Lipinski definition) is 1. The van der Waals surface area contributed by atoms with Crippen LogP contribution in [-0.2, 0) is 14.3 Å². The van der Waals surface area contributed by atoms with E-state index in [0.717, 1.165) is 0 Å². The normalized spacial score (nSPS) is 27.4. The van der Waals surface area contributed by atoms with Gasteiger partial charge in [-0.2, -0.15) is 13.2 Å². The van der Waals surface area contributed by atoms with Crippen LogP contribution in [0.2, 0.25) is 0 Å². The van der Waals surface area contributed by atoms with Crippen LogP contribution in [0.15, 0.2) is 0 Å². The van der Waals surface area contributed by atoms with Gasteiger partial charge in [0.1, 0.15) is 0 Å². The molecule has 0 aromatic heterocycles. The average Bonchev–Trinajstić information content (AvgIpc) is 2.35. The Kier molecular flexibility index (Phi) is 6.26. The van der Waals surface area contributed by atoms with Crippen molar-refractivity contribution < 1.29 is 32.5 Å². The third-order valence-electron chi connectivity index (χ3n) is 3.44. The predicted octanol–water partition coefficient (Wildman–Crippen LogP) is 2.44. The van der Waals surface area contributed by atoms with Gasteiger partial charge in [-0.25, -0.2) is 0 Å². The summed E-state index contributed by atoms with van der Waals surface area (Å²) < 4.78 is 45.6. The molecule has 1 rings (SSSR count). The molecule has 0 aromatic rings. The molecular weight excluding hydrogens is 277 g/mol. The molecule has 7 heteroatoms. The predicted molar refractivity (Wildman–Crippen MR) is 65.0 cm³/mol. The molecule has 1 aliphatic carbocycles. The van der Waals surface area contributed by atoms with Gasteiger partial charge in [-0.05, 0) is 32.6 Å². The number of alkyl halides is 3.